The Kier molecular flexibility index (Phi) is 32.1. The van der Waals surface area contributed by atoms with Crippen LogP contribution in [-0.2, 0) is 66.3 Å². The fourth-order valence-corrected chi connectivity index (χ4v) is 16.6. The Balaban J connectivity index is 0.000000170. The van der Waals surface area contributed by atoms with Gasteiger partial charge in [-0.2, -0.15) is 20.4 Å². The van der Waals surface area contributed by atoms with Crippen molar-refractivity contribution in [3.63, 3.8) is 0 Å². The van der Waals surface area contributed by atoms with Gasteiger partial charge in [0.25, 0.3) is 23.6 Å². The minimum Gasteiger partial charge on any atom is -0.492 e. The van der Waals surface area contributed by atoms with Gasteiger partial charge in [-0.15, -0.1) is 0 Å². The zero-order valence-corrected chi connectivity index (χ0v) is 78.7. The average molecular weight is 1800 g/mol. The van der Waals surface area contributed by atoms with E-state index in [9.17, 15) is 47.1 Å². The lowest BCUT2D eigenvalue weighted by Gasteiger charge is -2.29. The number of halogens is 2. The zero-order chi connectivity index (χ0) is 95.1. The standard InChI is InChI=1S/C28H37FN4O4.C27H32N4O4.C25H34N4O4.C19H20FN3O3/c1-18(2)37-27(35)21-16-33(17-28(4,5)24-19(3)30-31-25(21)24)26(34)20-9-10-23(22(29)15-20)36-14-13-32-11-7-6-8-12-32;1-18(2)35-26(33)22-16-31(17-27(4,5)23-19(3)28-29-24(22)23)25(32)20-8-10-21(11-9-20)34-15-14-30-12-6-7-13-30;1-16(2)33-24(31)20-14-29(15-25(4,5)21-17(3)26-27-22(20)21)23(30)18-8-10-19(11-9-18)32-13-12-28(6)7;1-4-26-18(25)14-10-23(17(24)12-6-5-7-13(20)8-12)11-19(2,3)15-9-21-22-16(14)15/h9-10,15-16,18H,6-8,11-14,17H2,1-5H3,(H,30,31);6-13,16,18H,14-15,17H2,1-5H3,(H,28,29);8-11,14,16H,12-13,15H2,1-7H3,(H,26,27);5-10H,4,11H2,1-3H3,(H,21,22). The van der Waals surface area contributed by atoms with E-state index in [0.29, 0.717) is 84.9 Å². The van der Waals surface area contributed by atoms with Gasteiger partial charge in [0, 0.05) is 160 Å². The molecule has 0 aliphatic carbocycles. The van der Waals surface area contributed by atoms with Gasteiger partial charge in [0.15, 0.2) is 11.6 Å². The third kappa shape index (κ3) is 24.5. The summed E-state index contributed by atoms with van der Waals surface area (Å²) in [6.07, 6.45) is 14.4. The van der Waals surface area contributed by atoms with Crippen LogP contribution in [-0.4, -0.2) is 233 Å². The molecule has 10 heterocycles. The van der Waals surface area contributed by atoms with E-state index in [0.717, 1.165) is 72.1 Å². The molecule has 4 aromatic carbocycles. The molecule has 4 amide bonds. The number of aryl methyl sites for hydroxylation is 3. The maximum absolute atomic E-state index is 14.9. The number of H-pyrrole nitrogens is 4. The Hall–Kier alpha value is -13.1. The number of ether oxygens (including phenoxy) is 7. The van der Waals surface area contributed by atoms with Crippen molar-refractivity contribution < 1.29 is 80.3 Å². The third-order valence-electron chi connectivity index (χ3n) is 22.6. The van der Waals surface area contributed by atoms with E-state index in [-0.39, 0.29) is 82.4 Å². The molecule has 0 saturated carbocycles. The minimum atomic E-state index is -0.592. The second-order valence-electron chi connectivity index (χ2n) is 36.8. The number of likely N-dealkylation sites (tertiary alicyclic amines) is 1. The van der Waals surface area contributed by atoms with Crippen molar-refractivity contribution in [1.82, 2.24) is 74.8 Å². The van der Waals surface area contributed by atoms with E-state index < -0.39 is 69.0 Å². The Morgan fingerprint density at radius 3 is 1.28 bits per heavy atom. The number of nitrogens with one attached hydrogen (secondary N) is 4. The summed E-state index contributed by atoms with van der Waals surface area (Å²) in [7, 11) is 3.97. The quantitative estimate of drug-likeness (QED) is 0.0322. The summed E-state index contributed by atoms with van der Waals surface area (Å²) in [6, 6.07) is 27.8. The van der Waals surface area contributed by atoms with Gasteiger partial charge in [-0.05, 0) is 206 Å². The molecular weight excluding hydrogens is 1680 g/mol. The van der Waals surface area contributed by atoms with E-state index in [1.54, 1.807) is 138 Å². The molecule has 1 saturated heterocycles. The Bertz CT molecular complexity index is 5700. The summed E-state index contributed by atoms with van der Waals surface area (Å²) in [5.41, 5.74) is 8.52. The number of likely N-dealkylation sites (N-methyl/N-ethyl adjacent to an activating group) is 1. The van der Waals surface area contributed by atoms with Gasteiger partial charge < -0.3 is 62.2 Å². The van der Waals surface area contributed by atoms with Crippen molar-refractivity contribution >= 4 is 69.8 Å². The second-order valence-corrected chi connectivity index (χ2v) is 36.8. The molecule has 32 heteroatoms. The summed E-state index contributed by atoms with van der Waals surface area (Å²) in [4.78, 5) is 115. The SMILES string of the molecule is CCOC(=O)C1=CN(C(=O)c2cccc(F)c2)CC(C)(C)c2cn[nH]c21.Cc1[nH]nc2c1C(C)(C)CN(C(=O)c1ccc(OCCN(C)C)cc1)C=C2C(=O)OC(C)C.Cc1[nH]nc2c1C(C)(C)CN(C(=O)c1ccc(OCCN3CCCCC3)c(F)c1)C=C2C(=O)OC(C)C.Cc1[nH]nc2c1C(C)(C)CN(C(=O)c1ccc(OCCn3cccc3)cc1)C=C2C(=O)OC(C)C. The molecule has 0 unspecified atom stereocenters. The van der Waals surface area contributed by atoms with E-state index in [1.807, 2.05) is 124 Å². The van der Waals surface area contributed by atoms with E-state index >= 15 is 0 Å². The fourth-order valence-electron chi connectivity index (χ4n) is 16.6. The predicted molar refractivity (Wildman–Crippen MR) is 492 cm³/mol. The molecule has 4 N–H and O–H groups in total. The van der Waals surface area contributed by atoms with Crippen LogP contribution < -0.4 is 14.2 Å². The summed E-state index contributed by atoms with van der Waals surface area (Å²) < 4.78 is 69.2. The van der Waals surface area contributed by atoms with Gasteiger partial charge in [0.2, 0.25) is 0 Å². The van der Waals surface area contributed by atoms with Crippen LogP contribution in [0.15, 0.2) is 147 Å². The molecule has 5 aromatic heterocycles. The molecule has 0 radical (unpaired) electrons. The Morgan fingerprint density at radius 1 is 0.458 bits per heavy atom. The zero-order valence-electron chi connectivity index (χ0n) is 78.7. The number of carbonyl (C=O) groups excluding carboxylic acids is 8. The molecule has 9 aromatic rings. The van der Waals surface area contributed by atoms with Crippen molar-refractivity contribution in [2.24, 2.45) is 0 Å². The minimum absolute atomic E-state index is 0.122. The smallest absolute Gasteiger partial charge is 0.342 e. The van der Waals surface area contributed by atoms with Crippen LogP contribution in [0.3, 0.4) is 0 Å². The molecule has 0 atom stereocenters. The maximum atomic E-state index is 14.9. The molecular formula is C99H123F2N15O15. The molecule has 698 valence electrons. The number of aromatic nitrogens is 9. The topological polar surface area (TPSA) is 340 Å². The third-order valence-corrected chi connectivity index (χ3v) is 22.6. The lowest BCUT2D eigenvalue weighted by molar-refractivity contribution is -0.141. The average Bonchev–Trinajstić information content (AvgIpc) is 1.62. The van der Waals surface area contributed by atoms with Crippen LogP contribution >= 0.6 is 0 Å². The van der Waals surface area contributed by atoms with E-state index in [1.165, 1.54) is 71.8 Å². The lowest BCUT2D eigenvalue weighted by Crippen LogP contribution is -2.37. The van der Waals surface area contributed by atoms with Crippen molar-refractivity contribution in [3.8, 4) is 17.2 Å². The van der Waals surface area contributed by atoms with Crippen LogP contribution in [0, 0.1) is 32.4 Å². The van der Waals surface area contributed by atoms with Crippen LogP contribution in [0.1, 0.15) is 227 Å². The number of hydrogen-bond donors (Lipinski definition) is 4. The van der Waals surface area contributed by atoms with E-state index in [4.69, 9.17) is 33.2 Å². The van der Waals surface area contributed by atoms with Crippen molar-refractivity contribution in [2.45, 2.75) is 190 Å². The molecule has 0 bridgehead atoms. The molecule has 5 aliphatic rings. The summed E-state index contributed by atoms with van der Waals surface area (Å²) in [5, 5.41) is 29.0. The monoisotopic (exact) mass is 1800 g/mol. The number of amides is 4. The molecule has 14 rings (SSSR count). The first-order valence-corrected chi connectivity index (χ1v) is 44.3. The number of rotatable bonds is 24. The van der Waals surface area contributed by atoms with Crippen molar-refractivity contribution in [3.05, 3.63) is 243 Å². The maximum Gasteiger partial charge on any atom is 0.342 e. The second kappa shape index (κ2) is 42.6. The molecule has 0 spiro atoms. The van der Waals surface area contributed by atoms with Gasteiger partial charge in [-0.1, -0.05) is 67.9 Å². The van der Waals surface area contributed by atoms with E-state index in [2.05, 4.69) is 45.7 Å². The first-order chi connectivity index (χ1) is 62.0. The van der Waals surface area contributed by atoms with Crippen LogP contribution in [0.4, 0.5) is 8.78 Å². The van der Waals surface area contributed by atoms with Gasteiger partial charge in [0.05, 0.1) is 43.4 Å². The number of benzene rings is 4. The highest BCUT2D eigenvalue weighted by molar-refractivity contribution is 6.19. The van der Waals surface area contributed by atoms with Gasteiger partial charge in [-0.25, -0.2) is 28.0 Å². The molecule has 131 heavy (non-hydrogen) atoms. The number of carbonyl (C=O) groups is 8. The molecule has 1 fully saturated rings. The molecule has 30 nitrogen and oxygen atoms in total. The number of piperidine rings is 1. The largest absolute Gasteiger partial charge is 0.492 e. The van der Waals surface area contributed by atoms with Crippen LogP contribution in [0.2, 0.25) is 0 Å². The summed E-state index contributed by atoms with van der Waals surface area (Å²) >= 11 is 0. The number of aromatic amines is 4. The fraction of sp³-hybridized carbons (Fsp3) is 0.434. The Morgan fingerprint density at radius 2 is 0.863 bits per heavy atom. The molecule has 5 aliphatic heterocycles. The van der Waals surface area contributed by atoms with Crippen LogP contribution in [0.5, 0.6) is 17.2 Å². The number of esters is 4. The highest BCUT2D eigenvalue weighted by atomic mass is 19.1. The van der Waals surface area contributed by atoms with Crippen molar-refractivity contribution in [1.29, 1.82) is 0 Å². The lowest BCUT2D eigenvalue weighted by atomic mass is 9.82. The highest BCUT2D eigenvalue weighted by Gasteiger charge is 2.43. The number of nitrogens with zero attached hydrogens (tertiary/aromatic N) is 11. The normalized spacial score (nSPS) is 15.9. The van der Waals surface area contributed by atoms with Gasteiger partial charge in [-0.3, -0.25) is 44.5 Å². The van der Waals surface area contributed by atoms with Crippen LogP contribution in [0.25, 0.3) is 22.3 Å². The summed E-state index contributed by atoms with van der Waals surface area (Å²) in [6.45, 7) is 41.6. The number of fused-ring (bicyclic) bond motifs is 4. The predicted octanol–water partition coefficient (Wildman–Crippen LogP) is 15.0. The van der Waals surface area contributed by atoms with Gasteiger partial charge in [0.1, 0.15) is 76.5 Å². The number of hydrogen-bond acceptors (Lipinski definition) is 21. The highest BCUT2D eigenvalue weighted by Crippen LogP contribution is 2.42. The first kappa shape index (κ1) is 98.5. The Labute approximate surface area is 764 Å². The van der Waals surface area contributed by atoms with Gasteiger partial charge >= 0.3 is 23.9 Å². The van der Waals surface area contributed by atoms with Crippen molar-refractivity contribution in [2.75, 3.05) is 92.9 Å². The summed E-state index contributed by atoms with van der Waals surface area (Å²) in [5.74, 6) is -2.91. The first-order valence-electron chi connectivity index (χ1n) is 44.3.